The zero-order valence-corrected chi connectivity index (χ0v) is 15.5. The molecule has 0 spiro atoms. The van der Waals surface area contributed by atoms with Crippen molar-refractivity contribution in [1.82, 2.24) is 5.32 Å². The number of carbonyl (C=O) groups is 1. The Morgan fingerprint density at radius 1 is 1.25 bits per heavy atom. The molecule has 0 bridgehead atoms. The van der Waals surface area contributed by atoms with E-state index in [1.165, 1.54) is 0 Å². The minimum Gasteiger partial charge on any atom is -0.455 e. The first-order valence-electron chi connectivity index (χ1n) is 7.90. The first kappa shape index (κ1) is 18.7. The maximum atomic E-state index is 12.2. The van der Waals surface area contributed by atoms with Crippen molar-refractivity contribution in [3.8, 4) is 0 Å². The maximum absolute atomic E-state index is 12.2. The number of benzene rings is 1. The van der Waals surface area contributed by atoms with E-state index in [1.54, 1.807) is 24.3 Å². The Balaban J connectivity index is 1.86. The smallest absolute Gasteiger partial charge is 0.286 e. The molecule has 0 saturated heterocycles. The average Bonchev–Trinajstić information content (AvgIpc) is 2.95. The van der Waals surface area contributed by atoms with Crippen LogP contribution in [-0.2, 0) is 22.3 Å². The standard InChI is InChI=1S/C18H22ClNO3S/c1-13(2)8-9-20-18(21)17-7-6-16(23-17)12-24(22)11-14-4-3-5-15(19)10-14/h3-7,10,13H,8-9,11-12H2,1-2H3,(H,20,21). The van der Waals surface area contributed by atoms with E-state index in [4.69, 9.17) is 16.0 Å². The van der Waals surface area contributed by atoms with Crippen LogP contribution < -0.4 is 5.32 Å². The number of nitrogens with one attached hydrogen (secondary N) is 1. The quantitative estimate of drug-likeness (QED) is 0.762. The van der Waals surface area contributed by atoms with E-state index >= 15 is 0 Å². The van der Waals surface area contributed by atoms with Crippen LogP contribution in [0.3, 0.4) is 0 Å². The molecular weight excluding hydrogens is 346 g/mol. The second kappa shape index (κ2) is 9.04. The molecule has 2 rings (SSSR count). The highest BCUT2D eigenvalue weighted by molar-refractivity contribution is 7.83. The van der Waals surface area contributed by atoms with Crippen LogP contribution in [0.25, 0.3) is 0 Å². The highest BCUT2D eigenvalue weighted by Gasteiger charge is 2.13. The number of halogens is 1. The van der Waals surface area contributed by atoms with Crippen molar-refractivity contribution < 1.29 is 13.4 Å². The van der Waals surface area contributed by atoms with Crippen molar-refractivity contribution in [3.63, 3.8) is 0 Å². The Morgan fingerprint density at radius 2 is 2.04 bits per heavy atom. The van der Waals surface area contributed by atoms with Gasteiger partial charge in [-0.1, -0.05) is 37.6 Å². The second-order valence-corrected chi connectivity index (χ2v) is 7.96. The third-order valence-corrected chi connectivity index (χ3v) is 4.91. The average molecular weight is 368 g/mol. The lowest BCUT2D eigenvalue weighted by Gasteiger charge is -2.05. The van der Waals surface area contributed by atoms with Crippen molar-refractivity contribution in [2.24, 2.45) is 5.92 Å². The Hall–Kier alpha value is -1.59. The van der Waals surface area contributed by atoms with Crippen LogP contribution in [0.5, 0.6) is 0 Å². The molecule has 0 aliphatic carbocycles. The van der Waals surface area contributed by atoms with E-state index in [0.29, 0.717) is 29.0 Å². The van der Waals surface area contributed by atoms with Gasteiger partial charge in [0.05, 0.1) is 5.75 Å². The monoisotopic (exact) mass is 367 g/mol. The summed E-state index contributed by atoms with van der Waals surface area (Å²) in [5.41, 5.74) is 0.916. The number of carbonyl (C=O) groups excluding carboxylic acids is 1. The lowest BCUT2D eigenvalue weighted by Crippen LogP contribution is -2.24. The molecule has 0 aliphatic rings. The lowest BCUT2D eigenvalue weighted by atomic mass is 10.1. The fraction of sp³-hybridized carbons (Fsp3) is 0.389. The SMILES string of the molecule is CC(C)CCNC(=O)c1ccc(CS(=O)Cc2cccc(Cl)c2)o1. The molecule has 0 fully saturated rings. The number of rotatable bonds is 8. The molecule has 1 N–H and O–H groups in total. The molecule has 1 heterocycles. The third-order valence-electron chi connectivity index (χ3n) is 3.41. The molecule has 1 aromatic heterocycles. The maximum Gasteiger partial charge on any atom is 0.286 e. The molecule has 0 saturated carbocycles. The minimum atomic E-state index is -1.13. The van der Waals surface area contributed by atoms with Crippen LogP contribution in [0.15, 0.2) is 40.8 Å². The molecule has 1 amide bonds. The first-order chi connectivity index (χ1) is 11.4. The summed E-state index contributed by atoms with van der Waals surface area (Å²) in [7, 11) is -1.13. The van der Waals surface area contributed by atoms with Crippen LogP contribution in [0.4, 0.5) is 0 Å². The van der Waals surface area contributed by atoms with Gasteiger partial charge >= 0.3 is 0 Å². The zero-order valence-electron chi connectivity index (χ0n) is 13.9. The summed E-state index contributed by atoms with van der Waals surface area (Å²) in [4.78, 5) is 12.0. The molecule has 0 radical (unpaired) electrons. The molecule has 1 unspecified atom stereocenters. The van der Waals surface area contributed by atoms with Crippen molar-refractivity contribution in [2.75, 3.05) is 6.54 Å². The Bertz CT molecular complexity index is 712. The predicted molar refractivity (Wildman–Crippen MR) is 97.5 cm³/mol. The highest BCUT2D eigenvalue weighted by Crippen LogP contribution is 2.15. The summed E-state index contributed by atoms with van der Waals surface area (Å²) in [6, 6.07) is 10.6. The lowest BCUT2D eigenvalue weighted by molar-refractivity contribution is 0.0923. The van der Waals surface area contributed by atoms with E-state index in [-0.39, 0.29) is 17.4 Å². The second-order valence-electron chi connectivity index (χ2n) is 6.06. The van der Waals surface area contributed by atoms with Gasteiger partial charge in [-0.15, -0.1) is 0 Å². The Morgan fingerprint density at radius 3 is 2.75 bits per heavy atom. The number of hydrogen-bond acceptors (Lipinski definition) is 3. The number of furan rings is 1. The van der Waals surface area contributed by atoms with Crippen molar-refractivity contribution in [1.29, 1.82) is 0 Å². The van der Waals surface area contributed by atoms with Gasteiger partial charge in [0.15, 0.2) is 5.76 Å². The van der Waals surface area contributed by atoms with Crippen molar-refractivity contribution >= 4 is 28.3 Å². The van der Waals surface area contributed by atoms with Gasteiger partial charge < -0.3 is 9.73 Å². The van der Waals surface area contributed by atoms with E-state index in [2.05, 4.69) is 19.2 Å². The summed E-state index contributed by atoms with van der Waals surface area (Å²) >= 11 is 5.93. The summed E-state index contributed by atoms with van der Waals surface area (Å²) < 4.78 is 17.7. The zero-order chi connectivity index (χ0) is 17.5. The molecule has 130 valence electrons. The van der Waals surface area contributed by atoms with Crippen molar-refractivity contribution in [2.45, 2.75) is 31.8 Å². The van der Waals surface area contributed by atoms with Crippen LogP contribution >= 0.6 is 11.6 Å². The molecular formula is C18H22ClNO3S. The summed E-state index contributed by atoms with van der Waals surface area (Å²) in [5, 5.41) is 3.45. The van der Waals surface area contributed by atoms with E-state index in [1.807, 2.05) is 12.1 Å². The van der Waals surface area contributed by atoms with Gasteiger partial charge in [-0.25, -0.2) is 0 Å². The molecule has 0 aliphatic heterocycles. The fourth-order valence-electron chi connectivity index (χ4n) is 2.16. The Kier molecular flexibility index (Phi) is 7.06. The molecule has 24 heavy (non-hydrogen) atoms. The number of hydrogen-bond donors (Lipinski definition) is 1. The molecule has 6 heteroatoms. The molecule has 1 aromatic carbocycles. The van der Waals surface area contributed by atoms with Gasteiger partial charge in [-0.2, -0.15) is 0 Å². The van der Waals surface area contributed by atoms with E-state index in [9.17, 15) is 9.00 Å². The van der Waals surface area contributed by atoms with Gasteiger partial charge in [-0.05, 0) is 42.2 Å². The van der Waals surface area contributed by atoms with Crippen molar-refractivity contribution in [3.05, 3.63) is 58.5 Å². The van der Waals surface area contributed by atoms with Gasteiger partial charge in [0.25, 0.3) is 5.91 Å². The summed E-state index contributed by atoms with van der Waals surface area (Å²) in [6.07, 6.45) is 0.920. The minimum absolute atomic E-state index is 0.234. The van der Waals surface area contributed by atoms with Gasteiger partial charge in [-0.3, -0.25) is 9.00 Å². The highest BCUT2D eigenvalue weighted by atomic mass is 35.5. The first-order valence-corrected chi connectivity index (χ1v) is 9.77. The summed E-state index contributed by atoms with van der Waals surface area (Å²) in [5.74, 6) is 1.77. The van der Waals surface area contributed by atoms with Crippen LogP contribution in [0.1, 0.15) is 42.1 Å². The molecule has 4 nitrogen and oxygen atoms in total. The topological polar surface area (TPSA) is 59.3 Å². The third kappa shape index (κ3) is 6.13. The Labute approximate surface area is 150 Å². The summed E-state index contributed by atoms with van der Waals surface area (Å²) in [6.45, 7) is 4.83. The van der Waals surface area contributed by atoms with E-state index < -0.39 is 10.8 Å². The van der Waals surface area contributed by atoms with E-state index in [0.717, 1.165) is 12.0 Å². The number of amides is 1. The fourth-order valence-corrected chi connectivity index (χ4v) is 3.50. The molecule has 1 atom stereocenters. The van der Waals surface area contributed by atoms with Gasteiger partial charge in [0.1, 0.15) is 5.76 Å². The molecule has 2 aromatic rings. The van der Waals surface area contributed by atoms with Gasteiger partial charge in [0, 0.05) is 28.1 Å². The normalized spacial score (nSPS) is 12.3. The van der Waals surface area contributed by atoms with Gasteiger partial charge in [0.2, 0.25) is 0 Å². The largest absolute Gasteiger partial charge is 0.455 e. The van der Waals surface area contributed by atoms with Crippen LogP contribution in [0.2, 0.25) is 5.02 Å². The predicted octanol–water partition coefficient (Wildman–Crippen LogP) is 4.16. The van der Waals surface area contributed by atoms with Crippen LogP contribution in [0, 0.1) is 5.92 Å². The van der Waals surface area contributed by atoms with Crippen LogP contribution in [-0.4, -0.2) is 16.7 Å².